The van der Waals surface area contributed by atoms with Gasteiger partial charge in [-0.2, -0.15) is 0 Å². The summed E-state index contributed by atoms with van der Waals surface area (Å²) >= 11 is 0. The molecule has 0 spiro atoms. The molecule has 0 saturated carbocycles. The maximum absolute atomic E-state index is 5.76. The summed E-state index contributed by atoms with van der Waals surface area (Å²) in [6.45, 7) is 1.77. The van der Waals surface area contributed by atoms with Crippen LogP contribution in [0.15, 0.2) is 24.5 Å². The highest BCUT2D eigenvalue weighted by atomic mass is 16.5. The zero-order valence-electron chi connectivity index (χ0n) is 10.8. The topological polar surface area (TPSA) is 73.1 Å². The van der Waals surface area contributed by atoms with Gasteiger partial charge < -0.3 is 15.8 Å². The third-order valence-electron chi connectivity index (χ3n) is 3.44. The Morgan fingerprint density at radius 1 is 1.37 bits per heavy atom. The molecule has 1 atom stereocenters. The van der Waals surface area contributed by atoms with Gasteiger partial charge in [0.2, 0.25) is 0 Å². The zero-order valence-corrected chi connectivity index (χ0v) is 10.8. The van der Waals surface area contributed by atoms with Crippen molar-refractivity contribution in [2.75, 3.05) is 24.2 Å². The van der Waals surface area contributed by atoms with Crippen molar-refractivity contribution in [1.29, 1.82) is 0 Å². The Balaban J connectivity index is 1.70. The minimum atomic E-state index is 0.399. The van der Waals surface area contributed by atoms with E-state index in [1.807, 2.05) is 18.2 Å². The minimum Gasteiger partial charge on any atom is -0.399 e. The molecule has 5 heteroatoms. The highest BCUT2D eigenvalue weighted by Crippen LogP contribution is 2.21. The average molecular weight is 258 g/mol. The molecule has 1 aliphatic heterocycles. The van der Waals surface area contributed by atoms with Crippen LogP contribution in [0.2, 0.25) is 0 Å². The van der Waals surface area contributed by atoms with E-state index in [-0.39, 0.29) is 0 Å². The first-order valence-electron chi connectivity index (χ1n) is 6.68. The fourth-order valence-corrected chi connectivity index (χ4v) is 2.44. The van der Waals surface area contributed by atoms with E-state index in [1.54, 1.807) is 6.33 Å². The molecule has 1 fully saturated rings. The Morgan fingerprint density at radius 3 is 3.16 bits per heavy atom. The molecule has 0 amide bonds. The third kappa shape index (κ3) is 2.76. The highest BCUT2D eigenvalue weighted by Gasteiger charge is 2.14. The van der Waals surface area contributed by atoms with Gasteiger partial charge in [0, 0.05) is 24.2 Å². The molecule has 1 saturated heterocycles. The fourth-order valence-electron chi connectivity index (χ4n) is 2.44. The number of rotatable bonds is 4. The van der Waals surface area contributed by atoms with Crippen molar-refractivity contribution in [3.63, 3.8) is 0 Å². The monoisotopic (exact) mass is 258 g/mol. The number of nitrogens with zero attached hydrogens (tertiary/aromatic N) is 2. The van der Waals surface area contributed by atoms with E-state index < -0.39 is 0 Å². The van der Waals surface area contributed by atoms with Gasteiger partial charge in [0.25, 0.3) is 0 Å². The number of nitrogens with one attached hydrogen (secondary N) is 1. The number of fused-ring (bicyclic) bond motifs is 1. The van der Waals surface area contributed by atoms with E-state index >= 15 is 0 Å². The molecule has 0 radical (unpaired) electrons. The standard InChI is InChI=1S/C14H18N4O/c15-10-3-4-12-13(8-10)17-9-18-14(12)16-6-5-11-2-1-7-19-11/h3-4,8-9,11H,1-2,5-7,15H2,(H,16,17,18). The van der Waals surface area contributed by atoms with Crippen LogP contribution in [-0.4, -0.2) is 29.2 Å². The predicted octanol–water partition coefficient (Wildman–Crippen LogP) is 2.19. The number of ether oxygens (including phenoxy) is 1. The lowest BCUT2D eigenvalue weighted by atomic mass is 10.2. The molecular weight excluding hydrogens is 240 g/mol. The van der Waals surface area contributed by atoms with Crippen LogP contribution < -0.4 is 11.1 Å². The van der Waals surface area contributed by atoms with Crippen LogP contribution in [0.4, 0.5) is 11.5 Å². The largest absolute Gasteiger partial charge is 0.399 e. The van der Waals surface area contributed by atoms with Crippen molar-refractivity contribution < 1.29 is 4.74 Å². The van der Waals surface area contributed by atoms with Gasteiger partial charge in [-0.1, -0.05) is 0 Å². The van der Waals surface area contributed by atoms with Crippen molar-refractivity contribution in [1.82, 2.24) is 9.97 Å². The molecule has 0 aliphatic carbocycles. The molecular formula is C14H18N4O. The Hall–Kier alpha value is -1.88. The Morgan fingerprint density at radius 2 is 2.32 bits per heavy atom. The second kappa shape index (κ2) is 5.40. The second-order valence-electron chi connectivity index (χ2n) is 4.85. The number of benzene rings is 1. The van der Waals surface area contributed by atoms with Crippen LogP contribution in [0, 0.1) is 0 Å². The molecule has 1 aliphatic rings. The number of nitrogens with two attached hydrogens (primary N) is 1. The molecule has 2 heterocycles. The third-order valence-corrected chi connectivity index (χ3v) is 3.44. The Kier molecular flexibility index (Phi) is 3.46. The summed E-state index contributed by atoms with van der Waals surface area (Å²) in [6, 6.07) is 5.69. The number of hydrogen-bond acceptors (Lipinski definition) is 5. The molecule has 1 aromatic heterocycles. The Bertz CT molecular complexity index is 566. The summed E-state index contributed by atoms with van der Waals surface area (Å²) in [5.41, 5.74) is 7.35. The minimum absolute atomic E-state index is 0.399. The normalized spacial score (nSPS) is 18.8. The van der Waals surface area contributed by atoms with Crippen molar-refractivity contribution >= 4 is 22.4 Å². The van der Waals surface area contributed by atoms with Crippen LogP contribution in [0.1, 0.15) is 19.3 Å². The lowest BCUT2D eigenvalue weighted by molar-refractivity contribution is 0.107. The van der Waals surface area contributed by atoms with Gasteiger partial charge in [0.1, 0.15) is 12.1 Å². The van der Waals surface area contributed by atoms with Gasteiger partial charge in [-0.3, -0.25) is 0 Å². The van der Waals surface area contributed by atoms with E-state index in [1.165, 1.54) is 12.8 Å². The smallest absolute Gasteiger partial charge is 0.137 e. The predicted molar refractivity (Wildman–Crippen MR) is 76.0 cm³/mol. The van der Waals surface area contributed by atoms with Crippen molar-refractivity contribution in [3.05, 3.63) is 24.5 Å². The molecule has 0 bridgehead atoms. The summed E-state index contributed by atoms with van der Waals surface area (Å²) in [6.07, 6.45) is 5.33. The van der Waals surface area contributed by atoms with Crippen molar-refractivity contribution in [2.24, 2.45) is 0 Å². The number of hydrogen-bond donors (Lipinski definition) is 2. The first-order valence-corrected chi connectivity index (χ1v) is 6.68. The van der Waals surface area contributed by atoms with E-state index in [9.17, 15) is 0 Å². The molecule has 2 aromatic rings. The lowest BCUT2D eigenvalue weighted by Gasteiger charge is -2.11. The van der Waals surface area contributed by atoms with E-state index in [0.717, 1.165) is 42.0 Å². The van der Waals surface area contributed by atoms with Crippen LogP contribution in [0.25, 0.3) is 10.9 Å². The first kappa shape index (κ1) is 12.2. The summed E-state index contributed by atoms with van der Waals surface area (Å²) in [5, 5.41) is 4.37. The van der Waals surface area contributed by atoms with Crippen molar-refractivity contribution in [2.45, 2.75) is 25.4 Å². The summed E-state index contributed by atoms with van der Waals surface area (Å²) in [5.74, 6) is 0.864. The van der Waals surface area contributed by atoms with Crippen LogP contribution in [0.3, 0.4) is 0 Å². The highest BCUT2D eigenvalue weighted by molar-refractivity contribution is 5.90. The molecule has 100 valence electrons. The second-order valence-corrected chi connectivity index (χ2v) is 4.85. The molecule has 5 nitrogen and oxygen atoms in total. The first-order chi connectivity index (χ1) is 9.33. The maximum Gasteiger partial charge on any atom is 0.137 e. The van der Waals surface area contributed by atoms with Gasteiger partial charge in [-0.15, -0.1) is 0 Å². The van der Waals surface area contributed by atoms with Crippen LogP contribution >= 0.6 is 0 Å². The average Bonchev–Trinajstić information content (AvgIpc) is 2.92. The van der Waals surface area contributed by atoms with Gasteiger partial charge in [-0.05, 0) is 37.5 Å². The number of anilines is 2. The molecule has 3 rings (SSSR count). The summed E-state index contributed by atoms with van der Waals surface area (Å²) in [7, 11) is 0. The summed E-state index contributed by atoms with van der Waals surface area (Å²) in [4.78, 5) is 8.53. The zero-order chi connectivity index (χ0) is 13.1. The lowest BCUT2D eigenvalue weighted by Crippen LogP contribution is -2.13. The van der Waals surface area contributed by atoms with Crippen LogP contribution in [-0.2, 0) is 4.74 Å². The number of aromatic nitrogens is 2. The van der Waals surface area contributed by atoms with Gasteiger partial charge in [0.05, 0.1) is 11.6 Å². The molecule has 1 unspecified atom stereocenters. The van der Waals surface area contributed by atoms with Crippen molar-refractivity contribution in [3.8, 4) is 0 Å². The fraction of sp³-hybridized carbons (Fsp3) is 0.429. The molecule has 1 aromatic carbocycles. The van der Waals surface area contributed by atoms with E-state index in [4.69, 9.17) is 10.5 Å². The maximum atomic E-state index is 5.76. The SMILES string of the molecule is Nc1ccc2c(NCCC3CCCO3)ncnc2c1. The molecule has 19 heavy (non-hydrogen) atoms. The van der Waals surface area contributed by atoms with E-state index in [2.05, 4.69) is 15.3 Å². The van der Waals surface area contributed by atoms with Gasteiger partial charge >= 0.3 is 0 Å². The summed E-state index contributed by atoms with van der Waals surface area (Å²) < 4.78 is 5.60. The van der Waals surface area contributed by atoms with Crippen LogP contribution in [0.5, 0.6) is 0 Å². The van der Waals surface area contributed by atoms with Gasteiger partial charge in [-0.25, -0.2) is 9.97 Å². The Labute approximate surface area is 112 Å². The number of nitrogen functional groups attached to an aromatic ring is 1. The molecule has 3 N–H and O–H groups in total. The quantitative estimate of drug-likeness (QED) is 0.822. The van der Waals surface area contributed by atoms with E-state index in [0.29, 0.717) is 6.10 Å². The van der Waals surface area contributed by atoms with Gasteiger partial charge in [0.15, 0.2) is 0 Å².